The normalized spacial score (nSPS) is 10.5. The van der Waals surface area contributed by atoms with Crippen LogP contribution in [0.1, 0.15) is 41.3 Å². The standard InChI is InChI=1S/C19H20FNO3/c1-13(2)15-8-6-14(7-9-15)12-24-18(22)11-21-19(23)16-4-3-5-17(20)10-16/h3-10,13H,11-12H2,1-2H3,(H,21,23). The van der Waals surface area contributed by atoms with E-state index in [0.29, 0.717) is 5.92 Å². The zero-order chi connectivity index (χ0) is 17.5. The van der Waals surface area contributed by atoms with Crippen molar-refractivity contribution in [2.24, 2.45) is 0 Å². The van der Waals surface area contributed by atoms with Gasteiger partial charge in [0, 0.05) is 5.56 Å². The molecule has 0 aromatic heterocycles. The van der Waals surface area contributed by atoms with Crippen LogP contribution < -0.4 is 5.32 Å². The second kappa shape index (κ2) is 8.24. The maximum Gasteiger partial charge on any atom is 0.325 e. The molecule has 0 aliphatic carbocycles. The summed E-state index contributed by atoms with van der Waals surface area (Å²) in [5, 5.41) is 2.41. The van der Waals surface area contributed by atoms with Crippen LogP contribution >= 0.6 is 0 Å². The summed E-state index contributed by atoms with van der Waals surface area (Å²) in [6, 6.07) is 13.1. The number of esters is 1. The van der Waals surface area contributed by atoms with Crippen LogP contribution in [0, 0.1) is 5.82 Å². The van der Waals surface area contributed by atoms with Crippen LogP contribution in [-0.2, 0) is 16.1 Å². The lowest BCUT2D eigenvalue weighted by Crippen LogP contribution is -2.30. The molecule has 1 amide bonds. The molecular formula is C19H20FNO3. The molecule has 0 spiro atoms. The lowest BCUT2D eigenvalue weighted by Gasteiger charge is -2.09. The Hall–Kier alpha value is -2.69. The Labute approximate surface area is 140 Å². The molecule has 5 heteroatoms. The van der Waals surface area contributed by atoms with Crippen molar-refractivity contribution in [3.05, 3.63) is 71.0 Å². The Balaban J connectivity index is 1.78. The maximum absolute atomic E-state index is 13.0. The molecule has 0 bridgehead atoms. The fourth-order valence-electron chi connectivity index (χ4n) is 2.10. The van der Waals surface area contributed by atoms with Gasteiger partial charge in [-0.25, -0.2) is 4.39 Å². The molecule has 0 radical (unpaired) electrons. The van der Waals surface area contributed by atoms with Crippen LogP contribution in [-0.4, -0.2) is 18.4 Å². The highest BCUT2D eigenvalue weighted by atomic mass is 19.1. The van der Waals surface area contributed by atoms with Crippen LogP contribution in [0.3, 0.4) is 0 Å². The molecule has 0 saturated carbocycles. The van der Waals surface area contributed by atoms with Gasteiger partial charge in [0.2, 0.25) is 0 Å². The number of carbonyl (C=O) groups excluding carboxylic acids is 2. The van der Waals surface area contributed by atoms with Crippen LogP contribution in [0.5, 0.6) is 0 Å². The third-order valence-corrected chi connectivity index (χ3v) is 3.53. The van der Waals surface area contributed by atoms with Gasteiger partial charge in [-0.2, -0.15) is 0 Å². The molecule has 2 aromatic rings. The fraction of sp³-hybridized carbons (Fsp3) is 0.263. The third-order valence-electron chi connectivity index (χ3n) is 3.53. The molecule has 126 valence electrons. The predicted molar refractivity (Wildman–Crippen MR) is 89.1 cm³/mol. The SMILES string of the molecule is CC(C)c1ccc(COC(=O)CNC(=O)c2cccc(F)c2)cc1. The summed E-state index contributed by atoms with van der Waals surface area (Å²) in [5.74, 6) is -1.13. The van der Waals surface area contributed by atoms with E-state index >= 15 is 0 Å². The minimum atomic E-state index is -0.548. The Bertz CT molecular complexity index is 711. The second-order valence-electron chi connectivity index (χ2n) is 5.75. The topological polar surface area (TPSA) is 55.4 Å². The lowest BCUT2D eigenvalue weighted by atomic mass is 10.0. The van der Waals surface area contributed by atoms with Crippen LogP contribution in [0.15, 0.2) is 48.5 Å². The van der Waals surface area contributed by atoms with E-state index in [-0.39, 0.29) is 18.7 Å². The smallest absolute Gasteiger partial charge is 0.325 e. The molecule has 0 fully saturated rings. The second-order valence-corrected chi connectivity index (χ2v) is 5.75. The van der Waals surface area contributed by atoms with E-state index in [0.717, 1.165) is 11.6 Å². The van der Waals surface area contributed by atoms with E-state index in [1.54, 1.807) is 0 Å². The molecule has 24 heavy (non-hydrogen) atoms. The van der Waals surface area contributed by atoms with Gasteiger partial charge >= 0.3 is 5.97 Å². The first-order valence-corrected chi connectivity index (χ1v) is 7.74. The van der Waals surface area contributed by atoms with Gasteiger partial charge in [-0.1, -0.05) is 44.2 Å². The van der Waals surface area contributed by atoms with E-state index in [9.17, 15) is 14.0 Å². The number of hydrogen-bond donors (Lipinski definition) is 1. The van der Waals surface area contributed by atoms with Gasteiger partial charge in [-0.3, -0.25) is 9.59 Å². The summed E-state index contributed by atoms with van der Waals surface area (Å²) in [5.41, 5.74) is 2.25. The van der Waals surface area contributed by atoms with Crippen molar-refractivity contribution in [1.29, 1.82) is 0 Å². The van der Waals surface area contributed by atoms with Gasteiger partial charge in [-0.05, 0) is 35.2 Å². The number of carbonyl (C=O) groups is 2. The largest absolute Gasteiger partial charge is 0.460 e. The number of benzene rings is 2. The molecule has 4 nitrogen and oxygen atoms in total. The van der Waals surface area contributed by atoms with E-state index in [1.165, 1.54) is 23.8 Å². The van der Waals surface area contributed by atoms with Gasteiger partial charge < -0.3 is 10.1 Å². The van der Waals surface area contributed by atoms with Crippen molar-refractivity contribution in [2.75, 3.05) is 6.54 Å². The van der Waals surface area contributed by atoms with Crippen molar-refractivity contribution >= 4 is 11.9 Å². The molecule has 0 aliphatic rings. The summed E-state index contributed by atoms with van der Waals surface area (Å²) in [7, 11) is 0. The molecule has 0 heterocycles. The van der Waals surface area contributed by atoms with Crippen LogP contribution in [0.2, 0.25) is 0 Å². The fourth-order valence-corrected chi connectivity index (χ4v) is 2.10. The van der Waals surface area contributed by atoms with Crippen molar-refractivity contribution < 1.29 is 18.7 Å². The number of amides is 1. The summed E-state index contributed by atoms with van der Waals surface area (Å²) in [6.45, 7) is 4.10. The van der Waals surface area contributed by atoms with Crippen molar-refractivity contribution in [3.8, 4) is 0 Å². The van der Waals surface area contributed by atoms with Crippen molar-refractivity contribution in [2.45, 2.75) is 26.4 Å². The van der Waals surface area contributed by atoms with Crippen molar-refractivity contribution in [1.82, 2.24) is 5.32 Å². The number of nitrogens with one attached hydrogen (secondary N) is 1. The number of ether oxygens (including phenoxy) is 1. The highest BCUT2D eigenvalue weighted by Crippen LogP contribution is 2.15. The average molecular weight is 329 g/mol. The lowest BCUT2D eigenvalue weighted by molar-refractivity contribution is -0.143. The molecule has 0 atom stereocenters. The first-order valence-electron chi connectivity index (χ1n) is 7.74. The highest BCUT2D eigenvalue weighted by Gasteiger charge is 2.10. The van der Waals surface area contributed by atoms with Gasteiger partial charge in [0.15, 0.2) is 0 Å². The quantitative estimate of drug-likeness (QED) is 0.826. The Morgan fingerprint density at radius 2 is 1.83 bits per heavy atom. The number of halogens is 1. The highest BCUT2D eigenvalue weighted by molar-refractivity contribution is 5.95. The first-order chi connectivity index (χ1) is 11.5. The minimum absolute atomic E-state index is 0.146. The monoisotopic (exact) mass is 329 g/mol. The molecule has 0 aliphatic heterocycles. The maximum atomic E-state index is 13.0. The first kappa shape index (κ1) is 17.7. The zero-order valence-corrected chi connectivity index (χ0v) is 13.7. The summed E-state index contributed by atoms with van der Waals surface area (Å²) < 4.78 is 18.2. The van der Waals surface area contributed by atoms with E-state index < -0.39 is 17.7 Å². The van der Waals surface area contributed by atoms with Gasteiger partial charge in [0.1, 0.15) is 19.0 Å². The predicted octanol–water partition coefficient (Wildman–Crippen LogP) is 3.42. The Morgan fingerprint density at radius 3 is 2.46 bits per heavy atom. The van der Waals surface area contributed by atoms with Crippen molar-refractivity contribution in [3.63, 3.8) is 0 Å². The third kappa shape index (κ3) is 5.19. The molecule has 0 unspecified atom stereocenters. The zero-order valence-electron chi connectivity index (χ0n) is 13.7. The molecule has 1 N–H and O–H groups in total. The van der Waals surface area contributed by atoms with E-state index in [4.69, 9.17) is 4.74 Å². The number of rotatable bonds is 6. The van der Waals surface area contributed by atoms with E-state index in [1.807, 2.05) is 24.3 Å². The average Bonchev–Trinajstić information content (AvgIpc) is 2.58. The minimum Gasteiger partial charge on any atom is -0.460 e. The summed E-state index contributed by atoms with van der Waals surface area (Å²) in [6.07, 6.45) is 0. The van der Waals surface area contributed by atoms with Gasteiger partial charge in [-0.15, -0.1) is 0 Å². The molecule has 0 saturated heterocycles. The Morgan fingerprint density at radius 1 is 1.12 bits per heavy atom. The van der Waals surface area contributed by atoms with Crippen LogP contribution in [0.25, 0.3) is 0 Å². The van der Waals surface area contributed by atoms with Gasteiger partial charge in [0.25, 0.3) is 5.91 Å². The summed E-state index contributed by atoms with van der Waals surface area (Å²) in [4.78, 5) is 23.5. The number of hydrogen-bond acceptors (Lipinski definition) is 3. The summed E-state index contributed by atoms with van der Waals surface area (Å²) >= 11 is 0. The van der Waals surface area contributed by atoms with Gasteiger partial charge in [0.05, 0.1) is 0 Å². The molecular weight excluding hydrogens is 309 g/mol. The van der Waals surface area contributed by atoms with Crippen LogP contribution in [0.4, 0.5) is 4.39 Å². The van der Waals surface area contributed by atoms with E-state index in [2.05, 4.69) is 19.2 Å². The molecule has 2 rings (SSSR count). The Kier molecular flexibility index (Phi) is 6.07. The molecule has 2 aromatic carbocycles.